The van der Waals surface area contributed by atoms with Gasteiger partial charge in [0.1, 0.15) is 12.4 Å². The summed E-state index contributed by atoms with van der Waals surface area (Å²) in [4.78, 5) is 5.32. The van der Waals surface area contributed by atoms with Gasteiger partial charge in [-0.1, -0.05) is 13.8 Å². The van der Waals surface area contributed by atoms with Crippen LogP contribution in [-0.4, -0.2) is 30.8 Å². The van der Waals surface area contributed by atoms with Gasteiger partial charge in [-0.15, -0.1) is 0 Å². The molecule has 0 amide bonds. The Hall–Kier alpha value is -1.30. The first kappa shape index (κ1) is 15.8. The van der Waals surface area contributed by atoms with Crippen LogP contribution < -0.4 is 10.2 Å². The number of halogens is 3. The van der Waals surface area contributed by atoms with Crippen LogP contribution in [0.25, 0.3) is 0 Å². The maximum Gasteiger partial charge on any atom is 0.405 e. The molecule has 0 radical (unpaired) electrons. The molecule has 1 rings (SSSR count). The molecular weight excluding hydrogens is 255 g/mol. The predicted octanol–water partition coefficient (Wildman–Crippen LogP) is 2.97. The summed E-state index contributed by atoms with van der Waals surface area (Å²) in [6.45, 7) is 4.67. The average Bonchev–Trinajstić information content (AvgIpc) is 2.35. The van der Waals surface area contributed by atoms with Crippen molar-refractivity contribution in [2.75, 3.05) is 24.5 Å². The highest BCUT2D eigenvalue weighted by atomic mass is 19.4. The Labute approximate surface area is 111 Å². The Kier molecular flexibility index (Phi) is 6.08. The number of rotatable bonds is 7. The van der Waals surface area contributed by atoms with Gasteiger partial charge < -0.3 is 10.2 Å². The summed E-state index contributed by atoms with van der Waals surface area (Å²) >= 11 is 0. The molecule has 1 aromatic heterocycles. The second-order valence-corrected chi connectivity index (χ2v) is 4.34. The minimum atomic E-state index is -4.21. The van der Waals surface area contributed by atoms with Crippen LogP contribution in [0.2, 0.25) is 0 Å². The van der Waals surface area contributed by atoms with Crippen LogP contribution >= 0.6 is 0 Å². The third kappa shape index (κ3) is 5.92. The number of alkyl halides is 3. The number of aromatic nitrogens is 1. The Morgan fingerprint density at radius 3 is 2.63 bits per heavy atom. The molecule has 19 heavy (non-hydrogen) atoms. The molecule has 0 saturated carbocycles. The molecule has 6 heteroatoms. The molecule has 108 valence electrons. The van der Waals surface area contributed by atoms with Crippen molar-refractivity contribution in [3.63, 3.8) is 0 Å². The molecule has 0 aromatic carbocycles. The summed E-state index contributed by atoms with van der Waals surface area (Å²) in [6, 6.07) is 3.52. The van der Waals surface area contributed by atoms with Crippen LogP contribution in [0, 0.1) is 0 Å². The summed E-state index contributed by atoms with van der Waals surface area (Å²) in [5, 5.41) is 3.14. The molecule has 0 aliphatic carbocycles. The molecule has 0 saturated heterocycles. The molecule has 1 heterocycles. The van der Waals surface area contributed by atoms with Crippen molar-refractivity contribution >= 4 is 5.82 Å². The molecule has 1 N–H and O–H groups in total. The van der Waals surface area contributed by atoms with E-state index in [1.54, 1.807) is 12.3 Å². The van der Waals surface area contributed by atoms with E-state index in [0.717, 1.165) is 12.1 Å². The van der Waals surface area contributed by atoms with E-state index in [0.29, 0.717) is 25.3 Å². The maximum absolute atomic E-state index is 12.5. The normalized spacial score (nSPS) is 11.6. The van der Waals surface area contributed by atoms with Gasteiger partial charge in [-0.3, -0.25) is 0 Å². The Morgan fingerprint density at radius 2 is 2.05 bits per heavy atom. The summed E-state index contributed by atoms with van der Waals surface area (Å²) in [6.07, 6.45) is -2.01. The standard InChI is InChI=1S/C13H20F3N3/c1-3-7-19(10-13(14,15)16)12-8-11(5-6-18-12)9-17-4-2/h5-6,8,17H,3-4,7,9-10H2,1-2H3. The molecular formula is C13H20F3N3. The lowest BCUT2D eigenvalue weighted by atomic mass is 10.2. The van der Waals surface area contributed by atoms with Gasteiger partial charge >= 0.3 is 6.18 Å². The van der Waals surface area contributed by atoms with E-state index in [1.165, 1.54) is 4.90 Å². The number of pyridine rings is 1. The first-order valence-electron chi connectivity index (χ1n) is 6.43. The molecule has 0 unspecified atom stereocenters. The summed E-state index contributed by atoms with van der Waals surface area (Å²) in [5.41, 5.74) is 0.940. The lowest BCUT2D eigenvalue weighted by Crippen LogP contribution is -2.35. The van der Waals surface area contributed by atoms with Gasteiger partial charge in [-0.2, -0.15) is 13.2 Å². The minimum absolute atomic E-state index is 0.344. The first-order chi connectivity index (χ1) is 8.96. The maximum atomic E-state index is 12.5. The van der Waals surface area contributed by atoms with E-state index in [1.807, 2.05) is 19.9 Å². The Bertz CT molecular complexity index is 380. The minimum Gasteiger partial charge on any atom is -0.348 e. The zero-order valence-electron chi connectivity index (χ0n) is 11.3. The first-order valence-corrected chi connectivity index (χ1v) is 6.43. The third-order valence-corrected chi connectivity index (χ3v) is 2.58. The Balaban J connectivity index is 2.83. The van der Waals surface area contributed by atoms with Gasteiger partial charge in [-0.05, 0) is 30.7 Å². The number of hydrogen-bond acceptors (Lipinski definition) is 3. The van der Waals surface area contributed by atoms with Gasteiger partial charge in [0, 0.05) is 19.3 Å². The smallest absolute Gasteiger partial charge is 0.348 e. The molecule has 3 nitrogen and oxygen atoms in total. The van der Waals surface area contributed by atoms with Gasteiger partial charge in [0.2, 0.25) is 0 Å². The SMILES string of the molecule is CCCN(CC(F)(F)F)c1cc(CNCC)ccn1. The summed E-state index contributed by atoms with van der Waals surface area (Å²) in [7, 11) is 0. The Morgan fingerprint density at radius 1 is 1.32 bits per heavy atom. The van der Waals surface area contributed by atoms with Gasteiger partial charge in [-0.25, -0.2) is 4.98 Å². The van der Waals surface area contributed by atoms with E-state index in [9.17, 15) is 13.2 Å². The van der Waals surface area contributed by atoms with Gasteiger partial charge in [0.25, 0.3) is 0 Å². The van der Waals surface area contributed by atoms with Crippen LogP contribution in [0.1, 0.15) is 25.8 Å². The third-order valence-electron chi connectivity index (χ3n) is 2.58. The molecule has 0 aliphatic rings. The highest BCUT2D eigenvalue weighted by Crippen LogP contribution is 2.21. The number of hydrogen-bond donors (Lipinski definition) is 1. The second-order valence-electron chi connectivity index (χ2n) is 4.34. The van der Waals surface area contributed by atoms with Crippen LogP contribution in [-0.2, 0) is 6.54 Å². The van der Waals surface area contributed by atoms with Crippen LogP contribution in [0.5, 0.6) is 0 Å². The van der Waals surface area contributed by atoms with Crippen molar-refractivity contribution in [1.82, 2.24) is 10.3 Å². The fourth-order valence-electron chi connectivity index (χ4n) is 1.77. The van der Waals surface area contributed by atoms with Gasteiger partial charge in [0.05, 0.1) is 0 Å². The van der Waals surface area contributed by atoms with Crippen LogP contribution in [0.4, 0.5) is 19.0 Å². The van der Waals surface area contributed by atoms with Crippen molar-refractivity contribution in [2.45, 2.75) is 33.0 Å². The van der Waals surface area contributed by atoms with E-state index in [4.69, 9.17) is 0 Å². The summed E-state index contributed by atoms with van der Waals surface area (Å²) in [5.74, 6) is 0.384. The van der Waals surface area contributed by atoms with Gasteiger partial charge in [0.15, 0.2) is 0 Å². The highest BCUT2D eigenvalue weighted by Gasteiger charge is 2.31. The van der Waals surface area contributed by atoms with Crippen molar-refractivity contribution < 1.29 is 13.2 Å². The fraction of sp³-hybridized carbons (Fsp3) is 0.615. The van der Waals surface area contributed by atoms with E-state index >= 15 is 0 Å². The van der Waals surface area contributed by atoms with E-state index in [2.05, 4.69) is 10.3 Å². The number of anilines is 1. The predicted molar refractivity (Wildman–Crippen MR) is 70.2 cm³/mol. The van der Waals surface area contributed by atoms with Crippen LogP contribution in [0.3, 0.4) is 0 Å². The van der Waals surface area contributed by atoms with Crippen LogP contribution in [0.15, 0.2) is 18.3 Å². The zero-order valence-corrected chi connectivity index (χ0v) is 11.3. The summed E-state index contributed by atoms with van der Waals surface area (Å²) < 4.78 is 37.6. The van der Waals surface area contributed by atoms with Crippen molar-refractivity contribution in [3.05, 3.63) is 23.9 Å². The quantitative estimate of drug-likeness (QED) is 0.829. The number of nitrogens with one attached hydrogen (secondary N) is 1. The molecule has 0 bridgehead atoms. The lowest BCUT2D eigenvalue weighted by Gasteiger charge is -2.24. The monoisotopic (exact) mass is 275 g/mol. The van der Waals surface area contributed by atoms with E-state index in [-0.39, 0.29) is 0 Å². The fourth-order valence-corrected chi connectivity index (χ4v) is 1.77. The molecule has 0 aliphatic heterocycles. The highest BCUT2D eigenvalue weighted by molar-refractivity contribution is 5.41. The topological polar surface area (TPSA) is 28.2 Å². The number of nitrogens with zero attached hydrogens (tertiary/aromatic N) is 2. The zero-order chi connectivity index (χ0) is 14.3. The molecule has 0 atom stereocenters. The van der Waals surface area contributed by atoms with Crippen molar-refractivity contribution in [2.24, 2.45) is 0 Å². The molecule has 0 fully saturated rings. The lowest BCUT2D eigenvalue weighted by molar-refractivity contribution is -0.119. The van der Waals surface area contributed by atoms with Crippen molar-refractivity contribution in [1.29, 1.82) is 0 Å². The van der Waals surface area contributed by atoms with Crippen molar-refractivity contribution in [3.8, 4) is 0 Å². The molecule has 0 spiro atoms. The van der Waals surface area contributed by atoms with E-state index < -0.39 is 12.7 Å². The average molecular weight is 275 g/mol. The molecule has 1 aromatic rings. The second kappa shape index (κ2) is 7.33. The largest absolute Gasteiger partial charge is 0.405 e.